The zero-order valence-electron chi connectivity index (χ0n) is 21.7. The average molecular weight is 645 g/mol. The second-order valence-corrected chi connectivity index (χ2v) is 11.0. The van der Waals surface area contributed by atoms with E-state index in [-0.39, 0.29) is 18.3 Å². The first-order valence-corrected chi connectivity index (χ1v) is 14.1. The van der Waals surface area contributed by atoms with E-state index in [0.717, 1.165) is 14.9 Å². The van der Waals surface area contributed by atoms with Crippen molar-refractivity contribution >= 4 is 46.0 Å². The van der Waals surface area contributed by atoms with Crippen molar-refractivity contribution in [3.05, 3.63) is 101 Å². The summed E-state index contributed by atoms with van der Waals surface area (Å²) in [5.74, 6) is 0.848. The minimum Gasteiger partial charge on any atom is -0.491 e. The molecule has 0 fully saturated rings. The van der Waals surface area contributed by atoms with Gasteiger partial charge in [-0.05, 0) is 80.1 Å². The number of aromatic nitrogens is 1. The van der Waals surface area contributed by atoms with Crippen molar-refractivity contribution in [2.24, 2.45) is 4.99 Å². The zero-order chi connectivity index (χ0) is 27.4. The first-order valence-electron chi connectivity index (χ1n) is 12.2. The van der Waals surface area contributed by atoms with Crippen LogP contribution in [0.4, 0.5) is 0 Å². The monoisotopic (exact) mass is 644 g/mol. The molecule has 1 aliphatic heterocycles. The number of hydrogen-bond acceptors (Lipinski definition) is 7. The van der Waals surface area contributed by atoms with Gasteiger partial charge in [-0.1, -0.05) is 48.3 Å². The summed E-state index contributed by atoms with van der Waals surface area (Å²) in [5.41, 5.74) is 2.15. The highest BCUT2D eigenvalue weighted by atomic mass is 127. The van der Waals surface area contributed by atoms with Crippen molar-refractivity contribution in [2.75, 3.05) is 13.2 Å². The van der Waals surface area contributed by atoms with E-state index < -0.39 is 12.0 Å². The van der Waals surface area contributed by atoms with Crippen LogP contribution in [0.1, 0.15) is 44.9 Å². The van der Waals surface area contributed by atoms with Gasteiger partial charge >= 0.3 is 5.97 Å². The molecular formula is C29H29IN2O5S. The van der Waals surface area contributed by atoms with E-state index in [0.29, 0.717) is 38.5 Å². The van der Waals surface area contributed by atoms with Gasteiger partial charge < -0.3 is 14.2 Å². The summed E-state index contributed by atoms with van der Waals surface area (Å²) in [6, 6.07) is 12.5. The summed E-state index contributed by atoms with van der Waals surface area (Å²) in [6.45, 7) is 11.7. The highest BCUT2D eigenvalue weighted by Crippen LogP contribution is 2.36. The number of thiazole rings is 1. The summed E-state index contributed by atoms with van der Waals surface area (Å²) < 4.78 is 20.2. The fourth-order valence-electron chi connectivity index (χ4n) is 4.18. The van der Waals surface area contributed by atoms with Crippen molar-refractivity contribution in [2.45, 2.75) is 39.8 Å². The molecule has 0 bridgehead atoms. The number of nitrogens with zero attached hydrogens (tertiary/aromatic N) is 2. The maximum absolute atomic E-state index is 13.9. The number of ether oxygens (including phenoxy) is 3. The Kier molecular flexibility index (Phi) is 8.88. The van der Waals surface area contributed by atoms with Crippen LogP contribution in [-0.4, -0.2) is 29.9 Å². The summed E-state index contributed by atoms with van der Waals surface area (Å²) in [7, 11) is 0. The molecule has 0 saturated carbocycles. The lowest BCUT2D eigenvalue weighted by molar-refractivity contribution is -0.139. The Balaban J connectivity index is 1.91. The number of para-hydroxylation sites is 1. The van der Waals surface area contributed by atoms with Crippen LogP contribution in [0.25, 0.3) is 6.08 Å². The third-order valence-electron chi connectivity index (χ3n) is 5.70. The van der Waals surface area contributed by atoms with E-state index in [4.69, 9.17) is 14.2 Å². The average Bonchev–Trinajstić information content (AvgIpc) is 3.17. The number of hydrogen-bond donors (Lipinski definition) is 0. The molecule has 198 valence electrons. The van der Waals surface area contributed by atoms with Crippen molar-refractivity contribution in [1.82, 2.24) is 4.57 Å². The van der Waals surface area contributed by atoms with Gasteiger partial charge in [-0.25, -0.2) is 9.79 Å². The van der Waals surface area contributed by atoms with E-state index in [9.17, 15) is 9.59 Å². The predicted molar refractivity (Wildman–Crippen MR) is 157 cm³/mol. The lowest BCUT2D eigenvalue weighted by atomic mass is 9.95. The molecular weight excluding hydrogens is 615 g/mol. The van der Waals surface area contributed by atoms with Crippen molar-refractivity contribution in [3.63, 3.8) is 0 Å². The molecule has 3 aromatic rings. The van der Waals surface area contributed by atoms with E-state index in [2.05, 4.69) is 34.2 Å². The number of carbonyl (C=O) groups is 1. The summed E-state index contributed by atoms with van der Waals surface area (Å²) in [5, 5.41) is 0. The molecule has 0 spiro atoms. The summed E-state index contributed by atoms with van der Waals surface area (Å²) in [6.07, 6.45) is 3.43. The van der Waals surface area contributed by atoms with Crippen LogP contribution in [0, 0.1) is 3.57 Å². The molecule has 38 heavy (non-hydrogen) atoms. The van der Waals surface area contributed by atoms with Gasteiger partial charge in [0.05, 0.1) is 32.1 Å². The fraction of sp³-hybridized carbons (Fsp3) is 0.276. The van der Waals surface area contributed by atoms with Crippen molar-refractivity contribution < 1.29 is 19.0 Å². The minimum atomic E-state index is -0.739. The second kappa shape index (κ2) is 12.1. The molecule has 1 atom stereocenters. The van der Waals surface area contributed by atoms with Crippen LogP contribution in [0.15, 0.2) is 76.2 Å². The number of esters is 1. The minimum absolute atomic E-state index is 0.0935. The van der Waals surface area contributed by atoms with Gasteiger partial charge in [-0.15, -0.1) is 0 Å². The number of halogens is 1. The first kappa shape index (κ1) is 27.8. The largest absolute Gasteiger partial charge is 0.491 e. The number of rotatable bonds is 9. The smallest absolute Gasteiger partial charge is 0.338 e. The Morgan fingerprint density at radius 1 is 1.24 bits per heavy atom. The molecule has 0 N–H and O–H groups in total. The van der Waals surface area contributed by atoms with Crippen LogP contribution in [-0.2, 0) is 9.53 Å². The molecule has 0 aliphatic carbocycles. The lowest BCUT2D eigenvalue weighted by Crippen LogP contribution is -2.40. The van der Waals surface area contributed by atoms with E-state index in [1.807, 2.05) is 62.4 Å². The topological polar surface area (TPSA) is 79.1 Å². The SMILES string of the molecule is C=CCOc1ccc(/C=c2/sc3n(c2=O)[C@H](c2ccccc2OC(C)C)C(C(=O)OCC)=C(C)N=3)cc1I. The number of allylic oxidation sites excluding steroid dienone is 1. The Morgan fingerprint density at radius 2 is 2.00 bits per heavy atom. The molecule has 0 saturated heterocycles. The van der Waals surface area contributed by atoms with Crippen LogP contribution in [0.3, 0.4) is 0 Å². The van der Waals surface area contributed by atoms with E-state index >= 15 is 0 Å². The van der Waals surface area contributed by atoms with Gasteiger partial charge in [0.25, 0.3) is 5.56 Å². The van der Waals surface area contributed by atoms with Crippen molar-refractivity contribution in [1.29, 1.82) is 0 Å². The Bertz CT molecular complexity index is 1580. The molecule has 7 nitrogen and oxygen atoms in total. The van der Waals surface area contributed by atoms with E-state index in [1.165, 1.54) is 11.3 Å². The standard InChI is InChI=1S/C29H29IN2O5S/c1-6-14-36-23-13-12-19(15-21(23)30)16-24-27(33)32-26(20-10-8-9-11-22(20)37-17(3)4)25(28(34)35-7-2)18(5)31-29(32)38-24/h6,8-13,15-17,26H,1,7,14H2,2-5H3/b24-16+/t26-/m1/s1. The van der Waals surface area contributed by atoms with Gasteiger partial charge in [0, 0.05) is 5.56 Å². The van der Waals surface area contributed by atoms with Gasteiger partial charge in [0.15, 0.2) is 4.80 Å². The summed E-state index contributed by atoms with van der Waals surface area (Å²) >= 11 is 3.49. The van der Waals surface area contributed by atoms with Gasteiger partial charge in [-0.3, -0.25) is 9.36 Å². The molecule has 0 unspecified atom stereocenters. The summed E-state index contributed by atoms with van der Waals surface area (Å²) in [4.78, 5) is 32.2. The van der Waals surface area contributed by atoms with Gasteiger partial charge in [-0.2, -0.15) is 0 Å². The number of carbonyl (C=O) groups excluding carboxylic acids is 1. The van der Waals surface area contributed by atoms with Gasteiger partial charge in [0.2, 0.25) is 0 Å². The Hall–Kier alpha value is -3.18. The molecule has 2 aromatic carbocycles. The van der Waals surface area contributed by atoms with Crippen LogP contribution >= 0.6 is 33.9 Å². The number of benzene rings is 2. The first-order chi connectivity index (χ1) is 18.2. The molecule has 0 amide bonds. The third kappa shape index (κ3) is 5.78. The van der Waals surface area contributed by atoms with Crippen LogP contribution in [0.2, 0.25) is 0 Å². The van der Waals surface area contributed by atoms with Crippen molar-refractivity contribution in [3.8, 4) is 11.5 Å². The van der Waals surface area contributed by atoms with Gasteiger partial charge in [0.1, 0.15) is 24.1 Å². The second-order valence-electron chi connectivity index (χ2n) is 8.80. The Labute approximate surface area is 238 Å². The lowest BCUT2D eigenvalue weighted by Gasteiger charge is -2.26. The fourth-order valence-corrected chi connectivity index (χ4v) is 5.92. The normalized spacial score (nSPS) is 15.2. The van der Waals surface area contributed by atoms with Crippen LogP contribution < -0.4 is 24.4 Å². The Morgan fingerprint density at radius 3 is 2.68 bits per heavy atom. The molecule has 1 aliphatic rings. The molecule has 0 radical (unpaired) electrons. The zero-order valence-corrected chi connectivity index (χ0v) is 24.7. The maximum atomic E-state index is 13.9. The molecule has 9 heteroatoms. The molecule has 2 heterocycles. The van der Waals surface area contributed by atoms with Crippen LogP contribution in [0.5, 0.6) is 11.5 Å². The number of fused-ring (bicyclic) bond motifs is 1. The van der Waals surface area contributed by atoms with E-state index in [1.54, 1.807) is 24.5 Å². The molecule has 1 aromatic heterocycles. The highest BCUT2D eigenvalue weighted by Gasteiger charge is 2.35. The quantitative estimate of drug-likeness (QED) is 0.191. The third-order valence-corrected chi connectivity index (χ3v) is 7.53. The predicted octanol–water partition coefficient (Wildman–Crippen LogP) is 4.75. The maximum Gasteiger partial charge on any atom is 0.338 e. The molecule has 4 rings (SSSR count). The highest BCUT2D eigenvalue weighted by molar-refractivity contribution is 14.1.